The first-order valence-corrected chi connectivity index (χ1v) is 6.31. The summed E-state index contributed by atoms with van der Waals surface area (Å²) in [5.41, 5.74) is 7.38. The molecule has 1 aliphatic carbocycles. The van der Waals surface area contributed by atoms with Gasteiger partial charge in [0, 0.05) is 12.1 Å². The Labute approximate surface area is 107 Å². The number of nitrogens with zero attached hydrogens (tertiary/aromatic N) is 1. The van der Waals surface area contributed by atoms with E-state index in [0.29, 0.717) is 10.6 Å². The van der Waals surface area contributed by atoms with Gasteiger partial charge in [0.1, 0.15) is 6.07 Å². The molecule has 0 aliphatic heterocycles. The zero-order valence-corrected chi connectivity index (χ0v) is 10.4. The third-order valence-electron chi connectivity index (χ3n) is 3.29. The third-order valence-corrected chi connectivity index (χ3v) is 3.60. The molecular formula is C13H16ClN3. The van der Waals surface area contributed by atoms with Crippen LogP contribution in [-0.2, 0) is 0 Å². The number of anilines is 1. The zero-order valence-electron chi connectivity index (χ0n) is 9.62. The van der Waals surface area contributed by atoms with Crippen molar-refractivity contribution in [2.24, 2.45) is 5.73 Å². The van der Waals surface area contributed by atoms with Crippen LogP contribution in [0.2, 0.25) is 5.02 Å². The Morgan fingerprint density at radius 2 is 2.12 bits per heavy atom. The van der Waals surface area contributed by atoms with Gasteiger partial charge in [-0.2, -0.15) is 5.26 Å². The van der Waals surface area contributed by atoms with Gasteiger partial charge in [0.25, 0.3) is 0 Å². The van der Waals surface area contributed by atoms with E-state index in [1.54, 1.807) is 6.07 Å². The molecule has 0 amide bonds. The highest BCUT2D eigenvalue weighted by Crippen LogP contribution is 2.27. The SMILES string of the molecule is N#Cc1c(Cl)cccc1N[C@@H]1CCCC[C@H]1N. The van der Waals surface area contributed by atoms with Gasteiger partial charge in [-0.05, 0) is 25.0 Å². The summed E-state index contributed by atoms with van der Waals surface area (Å²) in [7, 11) is 0. The molecule has 0 spiro atoms. The number of hydrogen-bond acceptors (Lipinski definition) is 3. The highest BCUT2D eigenvalue weighted by Gasteiger charge is 2.22. The number of benzene rings is 1. The van der Waals surface area contributed by atoms with Crippen LogP contribution in [0.3, 0.4) is 0 Å². The Morgan fingerprint density at radius 3 is 2.82 bits per heavy atom. The van der Waals surface area contributed by atoms with Crippen LogP contribution >= 0.6 is 11.6 Å². The highest BCUT2D eigenvalue weighted by atomic mass is 35.5. The van der Waals surface area contributed by atoms with Gasteiger partial charge >= 0.3 is 0 Å². The molecule has 3 nitrogen and oxygen atoms in total. The summed E-state index contributed by atoms with van der Waals surface area (Å²) in [5, 5.41) is 12.9. The monoisotopic (exact) mass is 249 g/mol. The van der Waals surface area contributed by atoms with Crippen molar-refractivity contribution in [2.45, 2.75) is 37.8 Å². The lowest BCUT2D eigenvalue weighted by molar-refractivity contribution is 0.404. The smallest absolute Gasteiger partial charge is 0.103 e. The van der Waals surface area contributed by atoms with Crippen molar-refractivity contribution in [1.29, 1.82) is 5.26 Å². The minimum absolute atomic E-state index is 0.161. The fraction of sp³-hybridized carbons (Fsp3) is 0.462. The third kappa shape index (κ3) is 2.71. The maximum absolute atomic E-state index is 9.09. The van der Waals surface area contributed by atoms with Crippen LogP contribution in [0.15, 0.2) is 18.2 Å². The number of halogens is 1. The molecule has 17 heavy (non-hydrogen) atoms. The largest absolute Gasteiger partial charge is 0.380 e. The Balaban J connectivity index is 2.18. The molecule has 0 heterocycles. The maximum atomic E-state index is 9.09. The molecule has 90 valence electrons. The summed E-state index contributed by atoms with van der Waals surface area (Å²) in [6, 6.07) is 8.00. The van der Waals surface area contributed by atoms with Gasteiger partial charge in [0.15, 0.2) is 0 Å². The first-order valence-electron chi connectivity index (χ1n) is 5.93. The quantitative estimate of drug-likeness (QED) is 0.847. The van der Waals surface area contributed by atoms with Gasteiger partial charge in [0.2, 0.25) is 0 Å². The van der Waals surface area contributed by atoms with E-state index < -0.39 is 0 Å². The van der Waals surface area contributed by atoms with Crippen molar-refractivity contribution < 1.29 is 0 Å². The number of nitrogens with one attached hydrogen (secondary N) is 1. The highest BCUT2D eigenvalue weighted by molar-refractivity contribution is 6.32. The van der Waals surface area contributed by atoms with Gasteiger partial charge in [-0.15, -0.1) is 0 Å². The molecule has 0 aromatic heterocycles. The van der Waals surface area contributed by atoms with E-state index in [4.69, 9.17) is 22.6 Å². The van der Waals surface area contributed by atoms with Crippen LogP contribution in [0.1, 0.15) is 31.2 Å². The van der Waals surface area contributed by atoms with E-state index in [-0.39, 0.29) is 12.1 Å². The number of hydrogen-bond donors (Lipinski definition) is 2. The van der Waals surface area contributed by atoms with Crippen molar-refractivity contribution >= 4 is 17.3 Å². The van der Waals surface area contributed by atoms with Crippen molar-refractivity contribution in [2.75, 3.05) is 5.32 Å². The molecule has 1 aromatic carbocycles. The second kappa shape index (κ2) is 5.39. The molecule has 0 unspecified atom stereocenters. The summed E-state index contributed by atoms with van der Waals surface area (Å²) in [6.07, 6.45) is 4.48. The summed E-state index contributed by atoms with van der Waals surface area (Å²) >= 11 is 5.99. The van der Waals surface area contributed by atoms with E-state index in [0.717, 1.165) is 18.5 Å². The molecule has 4 heteroatoms. The van der Waals surface area contributed by atoms with Crippen LogP contribution in [0.25, 0.3) is 0 Å². The normalized spacial score (nSPS) is 24.1. The van der Waals surface area contributed by atoms with Gasteiger partial charge < -0.3 is 11.1 Å². The minimum atomic E-state index is 0.161. The summed E-state index contributed by atoms with van der Waals surface area (Å²) in [5.74, 6) is 0. The lowest BCUT2D eigenvalue weighted by Gasteiger charge is -2.30. The molecule has 1 fully saturated rings. The van der Waals surface area contributed by atoms with E-state index in [9.17, 15) is 0 Å². The molecule has 0 saturated heterocycles. The van der Waals surface area contributed by atoms with Crippen LogP contribution < -0.4 is 11.1 Å². The standard InChI is InChI=1S/C13H16ClN3/c14-10-4-3-7-12(9(10)8-15)17-13-6-2-1-5-11(13)16/h3-4,7,11,13,17H,1-2,5-6,16H2/t11-,13-/m1/s1. The van der Waals surface area contributed by atoms with Crippen LogP contribution in [0, 0.1) is 11.3 Å². The maximum Gasteiger partial charge on any atom is 0.103 e. The van der Waals surface area contributed by atoms with Gasteiger partial charge in [-0.3, -0.25) is 0 Å². The lowest BCUT2D eigenvalue weighted by Crippen LogP contribution is -2.42. The van der Waals surface area contributed by atoms with Gasteiger partial charge in [0.05, 0.1) is 16.3 Å². The van der Waals surface area contributed by atoms with E-state index in [1.165, 1.54) is 12.8 Å². The summed E-state index contributed by atoms with van der Waals surface area (Å²) in [4.78, 5) is 0. The minimum Gasteiger partial charge on any atom is -0.380 e. The first kappa shape index (κ1) is 12.2. The van der Waals surface area contributed by atoms with Crippen molar-refractivity contribution in [3.05, 3.63) is 28.8 Å². The van der Waals surface area contributed by atoms with Crippen molar-refractivity contribution in [3.8, 4) is 6.07 Å². The van der Waals surface area contributed by atoms with Crippen LogP contribution in [0.4, 0.5) is 5.69 Å². The molecule has 1 aliphatic rings. The van der Waals surface area contributed by atoms with E-state index in [1.807, 2.05) is 12.1 Å². The van der Waals surface area contributed by atoms with E-state index >= 15 is 0 Å². The molecule has 0 bridgehead atoms. The molecule has 2 atom stereocenters. The molecule has 0 radical (unpaired) electrons. The van der Waals surface area contributed by atoms with Crippen molar-refractivity contribution in [1.82, 2.24) is 0 Å². The lowest BCUT2D eigenvalue weighted by atomic mass is 9.90. The predicted molar refractivity (Wildman–Crippen MR) is 70.0 cm³/mol. The van der Waals surface area contributed by atoms with Gasteiger partial charge in [-0.1, -0.05) is 30.5 Å². The Hall–Kier alpha value is -1.24. The summed E-state index contributed by atoms with van der Waals surface area (Å²) in [6.45, 7) is 0. The number of nitrogens with two attached hydrogens (primary N) is 1. The Bertz CT molecular complexity index is 439. The summed E-state index contributed by atoms with van der Waals surface area (Å²) < 4.78 is 0. The second-order valence-electron chi connectivity index (χ2n) is 4.47. The fourth-order valence-electron chi connectivity index (χ4n) is 2.30. The average Bonchev–Trinajstić information content (AvgIpc) is 2.32. The predicted octanol–water partition coefficient (Wildman–Crippen LogP) is 2.89. The topological polar surface area (TPSA) is 61.8 Å². The average molecular weight is 250 g/mol. The van der Waals surface area contributed by atoms with Crippen molar-refractivity contribution in [3.63, 3.8) is 0 Å². The molecule has 1 saturated carbocycles. The second-order valence-corrected chi connectivity index (χ2v) is 4.88. The van der Waals surface area contributed by atoms with E-state index in [2.05, 4.69) is 11.4 Å². The number of nitriles is 1. The van der Waals surface area contributed by atoms with Crippen LogP contribution in [0.5, 0.6) is 0 Å². The fourth-order valence-corrected chi connectivity index (χ4v) is 2.51. The Kier molecular flexibility index (Phi) is 3.88. The first-order chi connectivity index (χ1) is 8.22. The zero-order chi connectivity index (χ0) is 12.3. The Morgan fingerprint density at radius 1 is 1.35 bits per heavy atom. The molecule has 3 N–H and O–H groups in total. The molecular weight excluding hydrogens is 234 g/mol. The van der Waals surface area contributed by atoms with Gasteiger partial charge in [-0.25, -0.2) is 0 Å². The number of rotatable bonds is 2. The molecule has 1 aromatic rings. The molecule has 2 rings (SSSR count). The van der Waals surface area contributed by atoms with Crippen LogP contribution in [-0.4, -0.2) is 12.1 Å².